The van der Waals surface area contributed by atoms with E-state index in [1.54, 1.807) is 6.20 Å². The van der Waals surface area contributed by atoms with Crippen LogP contribution < -0.4 is 16.6 Å². The van der Waals surface area contributed by atoms with Crippen LogP contribution in [0.4, 0.5) is 11.8 Å². The molecular weight excluding hydrogens is 202 g/mol. The van der Waals surface area contributed by atoms with Gasteiger partial charge in [0, 0.05) is 12.7 Å². The molecule has 1 rings (SSSR count). The van der Waals surface area contributed by atoms with Crippen molar-refractivity contribution in [2.24, 2.45) is 11.8 Å². The van der Waals surface area contributed by atoms with E-state index < -0.39 is 0 Å². The first-order valence-electron chi connectivity index (χ1n) is 5.76. The molecule has 90 valence electrons. The van der Waals surface area contributed by atoms with Crippen molar-refractivity contribution in [3.63, 3.8) is 0 Å². The molecule has 0 spiro atoms. The molecule has 1 aromatic rings. The summed E-state index contributed by atoms with van der Waals surface area (Å²) in [4.78, 5) is 8.10. The fraction of sp³-hybridized carbons (Fsp3) is 0.636. The maximum Gasteiger partial charge on any atom is 0.239 e. The number of hydrogen-bond donors (Lipinski definition) is 3. The SMILES string of the molecule is CC(C)CCCCNc1ccnc(NN)n1. The van der Waals surface area contributed by atoms with Gasteiger partial charge in [-0.05, 0) is 18.4 Å². The van der Waals surface area contributed by atoms with E-state index in [1.807, 2.05) is 6.07 Å². The van der Waals surface area contributed by atoms with Gasteiger partial charge in [-0.25, -0.2) is 10.8 Å². The average Bonchev–Trinajstić information content (AvgIpc) is 2.28. The lowest BCUT2D eigenvalue weighted by atomic mass is 10.1. The Hall–Kier alpha value is -1.36. The van der Waals surface area contributed by atoms with E-state index in [0.29, 0.717) is 5.95 Å². The van der Waals surface area contributed by atoms with Crippen molar-refractivity contribution in [1.82, 2.24) is 9.97 Å². The van der Waals surface area contributed by atoms with E-state index in [9.17, 15) is 0 Å². The summed E-state index contributed by atoms with van der Waals surface area (Å²) in [6, 6.07) is 1.84. The normalized spacial score (nSPS) is 10.5. The van der Waals surface area contributed by atoms with Crippen LogP contribution in [0, 0.1) is 5.92 Å². The third kappa shape index (κ3) is 4.93. The van der Waals surface area contributed by atoms with Crippen LogP contribution in [-0.2, 0) is 0 Å². The molecular formula is C11H21N5. The first-order valence-corrected chi connectivity index (χ1v) is 5.76. The highest BCUT2D eigenvalue weighted by molar-refractivity contribution is 5.38. The molecule has 0 aromatic carbocycles. The Morgan fingerprint density at radius 2 is 2.19 bits per heavy atom. The van der Waals surface area contributed by atoms with Gasteiger partial charge < -0.3 is 5.32 Å². The molecule has 0 aliphatic heterocycles. The Morgan fingerprint density at radius 1 is 1.38 bits per heavy atom. The molecule has 0 atom stereocenters. The topological polar surface area (TPSA) is 75.9 Å². The summed E-state index contributed by atoms with van der Waals surface area (Å²) in [5, 5.41) is 3.25. The van der Waals surface area contributed by atoms with E-state index >= 15 is 0 Å². The van der Waals surface area contributed by atoms with Crippen molar-refractivity contribution >= 4 is 11.8 Å². The molecule has 1 heterocycles. The van der Waals surface area contributed by atoms with E-state index in [2.05, 4.69) is 34.6 Å². The average molecular weight is 223 g/mol. The molecule has 16 heavy (non-hydrogen) atoms. The first kappa shape index (κ1) is 12.7. The van der Waals surface area contributed by atoms with Crippen LogP contribution in [0.15, 0.2) is 12.3 Å². The van der Waals surface area contributed by atoms with E-state index in [1.165, 1.54) is 12.8 Å². The minimum atomic E-state index is 0.437. The van der Waals surface area contributed by atoms with E-state index in [0.717, 1.165) is 24.7 Å². The van der Waals surface area contributed by atoms with Crippen LogP contribution >= 0.6 is 0 Å². The van der Waals surface area contributed by atoms with Crippen molar-refractivity contribution in [3.8, 4) is 0 Å². The third-order valence-electron chi connectivity index (χ3n) is 2.30. The van der Waals surface area contributed by atoms with Gasteiger partial charge in [-0.1, -0.05) is 26.7 Å². The van der Waals surface area contributed by atoms with Crippen molar-refractivity contribution in [1.29, 1.82) is 0 Å². The molecule has 0 amide bonds. The van der Waals surface area contributed by atoms with Crippen molar-refractivity contribution in [2.75, 3.05) is 17.3 Å². The summed E-state index contributed by atoms with van der Waals surface area (Å²) >= 11 is 0. The summed E-state index contributed by atoms with van der Waals surface area (Å²) in [7, 11) is 0. The quantitative estimate of drug-likeness (QED) is 0.374. The lowest BCUT2D eigenvalue weighted by molar-refractivity contribution is 0.544. The monoisotopic (exact) mass is 223 g/mol. The maximum absolute atomic E-state index is 5.23. The number of rotatable bonds is 7. The number of nitrogens with one attached hydrogen (secondary N) is 2. The molecule has 4 N–H and O–H groups in total. The van der Waals surface area contributed by atoms with Gasteiger partial charge in [0.05, 0.1) is 0 Å². The highest BCUT2D eigenvalue weighted by Gasteiger charge is 1.97. The molecule has 5 nitrogen and oxygen atoms in total. The predicted molar refractivity (Wildman–Crippen MR) is 67.0 cm³/mol. The molecule has 0 saturated heterocycles. The summed E-state index contributed by atoms with van der Waals surface area (Å²) in [5.41, 5.74) is 2.42. The van der Waals surface area contributed by atoms with Gasteiger partial charge in [-0.2, -0.15) is 4.98 Å². The van der Waals surface area contributed by atoms with E-state index in [4.69, 9.17) is 5.84 Å². The molecule has 0 fully saturated rings. The van der Waals surface area contributed by atoms with Crippen molar-refractivity contribution < 1.29 is 0 Å². The zero-order valence-corrected chi connectivity index (χ0v) is 10.0. The number of nitrogens with zero attached hydrogens (tertiary/aromatic N) is 2. The summed E-state index contributed by atoms with van der Waals surface area (Å²) in [6.45, 7) is 5.43. The Balaban J connectivity index is 2.21. The minimum Gasteiger partial charge on any atom is -0.370 e. The third-order valence-corrected chi connectivity index (χ3v) is 2.30. The highest BCUT2D eigenvalue weighted by atomic mass is 15.3. The molecule has 0 bridgehead atoms. The number of nitrogens with two attached hydrogens (primary N) is 1. The van der Waals surface area contributed by atoms with Gasteiger partial charge in [0.2, 0.25) is 5.95 Å². The molecule has 0 unspecified atom stereocenters. The number of aromatic nitrogens is 2. The number of anilines is 2. The molecule has 5 heteroatoms. The van der Waals surface area contributed by atoms with Gasteiger partial charge >= 0.3 is 0 Å². The first-order chi connectivity index (χ1) is 7.72. The van der Waals surface area contributed by atoms with Gasteiger partial charge in [-0.15, -0.1) is 0 Å². The number of unbranched alkanes of at least 4 members (excludes halogenated alkanes) is 1. The molecule has 0 saturated carbocycles. The lowest BCUT2D eigenvalue weighted by Crippen LogP contribution is -2.12. The molecule has 1 aromatic heterocycles. The molecule has 0 radical (unpaired) electrons. The van der Waals surface area contributed by atoms with Crippen LogP contribution in [0.5, 0.6) is 0 Å². The van der Waals surface area contributed by atoms with E-state index in [-0.39, 0.29) is 0 Å². The summed E-state index contributed by atoms with van der Waals surface area (Å²) in [5.74, 6) is 7.26. The number of hydrazine groups is 1. The maximum atomic E-state index is 5.23. The molecule has 0 aliphatic carbocycles. The Labute approximate surface area is 96.8 Å². The summed E-state index contributed by atoms with van der Waals surface area (Å²) in [6.07, 6.45) is 5.37. The zero-order valence-electron chi connectivity index (χ0n) is 10.0. The fourth-order valence-corrected chi connectivity index (χ4v) is 1.42. The second-order valence-electron chi connectivity index (χ2n) is 4.23. The lowest BCUT2D eigenvalue weighted by Gasteiger charge is -2.07. The number of hydrogen-bond acceptors (Lipinski definition) is 5. The second kappa shape index (κ2) is 7.00. The predicted octanol–water partition coefficient (Wildman–Crippen LogP) is 2.00. The van der Waals surface area contributed by atoms with Crippen LogP contribution in [0.3, 0.4) is 0 Å². The Bertz CT molecular complexity index is 300. The number of nitrogen functional groups attached to an aromatic ring is 1. The second-order valence-corrected chi connectivity index (χ2v) is 4.23. The standard InChI is InChI=1S/C11H21N5/c1-9(2)5-3-4-7-13-10-6-8-14-11(15-10)16-12/h6,8-9H,3-5,7,12H2,1-2H3,(H2,13,14,15,16). The van der Waals surface area contributed by atoms with Gasteiger partial charge in [0.1, 0.15) is 5.82 Å². The minimum absolute atomic E-state index is 0.437. The van der Waals surface area contributed by atoms with Gasteiger partial charge in [0.15, 0.2) is 0 Å². The van der Waals surface area contributed by atoms with Gasteiger partial charge in [0.25, 0.3) is 0 Å². The Morgan fingerprint density at radius 3 is 2.88 bits per heavy atom. The smallest absolute Gasteiger partial charge is 0.239 e. The van der Waals surface area contributed by atoms with Crippen LogP contribution in [-0.4, -0.2) is 16.5 Å². The van der Waals surface area contributed by atoms with Gasteiger partial charge in [-0.3, -0.25) is 5.43 Å². The van der Waals surface area contributed by atoms with Crippen molar-refractivity contribution in [2.45, 2.75) is 33.1 Å². The summed E-state index contributed by atoms with van der Waals surface area (Å²) < 4.78 is 0. The highest BCUT2D eigenvalue weighted by Crippen LogP contribution is 2.08. The largest absolute Gasteiger partial charge is 0.370 e. The Kier molecular flexibility index (Phi) is 5.56. The molecule has 0 aliphatic rings. The zero-order chi connectivity index (χ0) is 11.8. The fourth-order valence-electron chi connectivity index (χ4n) is 1.42. The van der Waals surface area contributed by atoms with Crippen molar-refractivity contribution in [3.05, 3.63) is 12.3 Å². The van der Waals surface area contributed by atoms with Crippen LogP contribution in [0.1, 0.15) is 33.1 Å². The van der Waals surface area contributed by atoms with Crippen LogP contribution in [0.25, 0.3) is 0 Å². The van der Waals surface area contributed by atoms with Crippen LogP contribution in [0.2, 0.25) is 0 Å².